The number of hydrogen-bond acceptors (Lipinski definition) is 5. The number of thiazole rings is 1. The molecule has 0 aromatic carbocycles. The lowest BCUT2D eigenvalue weighted by molar-refractivity contribution is -0.0232. The number of ether oxygens (including phenoxy) is 1. The molecule has 1 fully saturated rings. The first-order chi connectivity index (χ1) is 10.0. The van der Waals surface area contributed by atoms with E-state index in [2.05, 4.69) is 48.3 Å². The first-order valence-electron chi connectivity index (χ1n) is 8.01. The topological polar surface area (TPSA) is 37.4 Å². The van der Waals surface area contributed by atoms with Crippen LogP contribution in [0.3, 0.4) is 0 Å². The second-order valence-electron chi connectivity index (χ2n) is 6.35. The van der Waals surface area contributed by atoms with E-state index in [9.17, 15) is 0 Å². The smallest absolute Gasteiger partial charge is 0.0944 e. The van der Waals surface area contributed by atoms with Crippen molar-refractivity contribution in [2.75, 3.05) is 32.8 Å². The van der Waals surface area contributed by atoms with E-state index >= 15 is 0 Å². The van der Waals surface area contributed by atoms with Gasteiger partial charge >= 0.3 is 0 Å². The lowest BCUT2D eigenvalue weighted by Crippen LogP contribution is -2.61. The second-order valence-corrected chi connectivity index (χ2v) is 7.29. The maximum absolute atomic E-state index is 5.51. The van der Waals surface area contributed by atoms with Gasteiger partial charge in [0.2, 0.25) is 0 Å². The van der Waals surface area contributed by atoms with E-state index in [4.69, 9.17) is 4.74 Å². The Kier molecular flexibility index (Phi) is 6.17. The molecule has 1 aliphatic rings. The fraction of sp³-hybridized carbons (Fsp3) is 0.812. The van der Waals surface area contributed by atoms with Crippen molar-refractivity contribution in [3.05, 3.63) is 16.1 Å². The molecule has 0 amide bonds. The molecule has 1 N–H and O–H groups in total. The summed E-state index contributed by atoms with van der Waals surface area (Å²) >= 11 is 1.78. The SMILES string of the molecule is CCCNC(Cc1nc(C)cs1)C(C)(C)N1CCOCC1. The molecule has 0 spiro atoms. The third kappa shape index (κ3) is 4.49. The number of hydrogen-bond donors (Lipinski definition) is 1. The van der Waals surface area contributed by atoms with Gasteiger partial charge in [-0.25, -0.2) is 4.98 Å². The molecular weight excluding hydrogens is 282 g/mol. The van der Waals surface area contributed by atoms with Crippen LogP contribution < -0.4 is 5.32 Å². The summed E-state index contributed by atoms with van der Waals surface area (Å²) in [6, 6.07) is 0.418. The van der Waals surface area contributed by atoms with Crippen molar-refractivity contribution in [1.29, 1.82) is 0 Å². The molecule has 4 nitrogen and oxygen atoms in total. The number of aromatic nitrogens is 1. The van der Waals surface area contributed by atoms with Crippen LogP contribution in [0.15, 0.2) is 5.38 Å². The van der Waals surface area contributed by atoms with E-state index in [1.807, 2.05) is 0 Å². The molecule has 0 radical (unpaired) electrons. The maximum atomic E-state index is 5.51. The summed E-state index contributed by atoms with van der Waals surface area (Å²) in [5, 5.41) is 7.13. The van der Waals surface area contributed by atoms with Crippen molar-refractivity contribution < 1.29 is 4.74 Å². The minimum atomic E-state index is 0.110. The third-order valence-corrected chi connectivity index (χ3v) is 5.35. The van der Waals surface area contributed by atoms with Gasteiger partial charge in [0.05, 0.1) is 18.2 Å². The van der Waals surface area contributed by atoms with Crippen LogP contribution in [0.1, 0.15) is 37.9 Å². The van der Waals surface area contributed by atoms with Gasteiger partial charge in [0.15, 0.2) is 0 Å². The Bertz CT molecular complexity index is 427. The van der Waals surface area contributed by atoms with Crippen LogP contribution in [0.2, 0.25) is 0 Å². The summed E-state index contributed by atoms with van der Waals surface area (Å²) in [5.74, 6) is 0. The highest BCUT2D eigenvalue weighted by Crippen LogP contribution is 2.24. The molecule has 5 heteroatoms. The zero-order valence-electron chi connectivity index (χ0n) is 13.8. The van der Waals surface area contributed by atoms with Gasteiger partial charge in [-0.05, 0) is 33.7 Å². The molecule has 2 heterocycles. The average Bonchev–Trinajstić information content (AvgIpc) is 2.89. The van der Waals surface area contributed by atoms with Gasteiger partial charge in [-0.1, -0.05) is 6.92 Å². The predicted molar refractivity (Wildman–Crippen MR) is 89.1 cm³/mol. The molecule has 1 unspecified atom stereocenters. The molecule has 1 aromatic heterocycles. The summed E-state index contributed by atoms with van der Waals surface area (Å²) < 4.78 is 5.51. The van der Waals surface area contributed by atoms with Crippen LogP contribution in [-0.4, -0.2) is 54.3 Å². The zero-order chi connectivity index (χ0) is 15.3. The van der Waals surface area contributed by atoms with E-state index in [1.54, 1.807) is 11.3 Å². The number of aryl methyl sites for hydroxylation is 1. The Labute approximate surface area is 132 Å². The summed E-state index contributed by atoms with van der Waals surface area (Å²) in [6.45, 7) is 13.8. The van der Waals surface area contributed by atoms with Gasteiger partial charge in [0, 0.05) is 42.2 Å². The van der Waals surface area contributed by atoms with Crippen LogP contribution in [0.5, 0.6) is 0 Å². The first kappa shape index (κ1) is 16.9. The molecule has 0 bridgehead atoms. The number of rotatable bonds is 7. The van der Waals surface area contributed by atoms with Crippen molar-refractivity contribution in [2.45, 2.75) is 52.1 Å². The molecule has 120 valence electrons. The predicted octanol–water partition coefficient (Wildman–Crippen LogP) is 2.47. The number of nitrogens with zero attached hydrogens (tertiary/aromatic N) is 2. The molecule has 0 saturated carbocycles. The highest BCUT2D eigenvalue weighted by molar-refractivity contribution is 7.09. The Morgan fingerprint density at radius 2 is 2.14 bits per heavy atom. The molecule has 0 aliphatic carbocycles. The average molecular weight is 311 g/mol. The van der Waals surface area contributed by atoms with Crippen LogP contribution in [0, 0.1) is 6.92 Å². The number of nitrogens with one attached hydrogen (secondary N) is 1. The standard InChI is InChI=1S/C16H29N3OS/c1-5-6-17-14(11-15-18-13(2)12-21-15)16(3,4)19-7-9-20-10-8-19/h12,14,17H,5-11H2,1-4H3. The molecule has 1 aliphatic heterocycles. The van der Waals surface area contributed by atoms with E-state index in [0.717, 1.165) is 51.4 Å². The van der Waals surface area contributed by atoms with Gasteiger partial charge in [-0.3, -0.25) is 4.90 Å². The Morgan fingerprint density at radius 3 is 2.71 bits per heavy atom. The highest BCUT2D eigenvalue weighted by atomic mass is 32.1. The van der Waals surface area contributed by atoms with Crippen molar-refractivity contribution in [2.24, 2.45) is 0 Å². The second kappa shape index (κ2) is 7.68. The van der Waals surface area contributed by atoms with Gasteiger partial charge in [0.1, 0.15) is 0 Å². The monoisotopic (exact) mass is 311 g/mol. The van der Waals surface area contributed by atoms with Gasteiger partial charge in [0.25, 0.3) is 0 Å². The minimum Gasteiger partial charge on any atom is -0.379 e. The fourth-order valence-electron chi connectivity index (χ4n) is 2.92. The van der Waals surface area contributed by atoms with Crippen LogP contribution in [0.4, 0.5) is 0 Å². The molecular formula is C16H29N3OS. The number of morpholine rings is 1. The molecule has 21 heavy (non-hydrogen) atoms. The summed E-state index contributed by atoms with van der Waals surface area (Å²) in [7, 11) is 0. The third-order valence-electron chi connectivity index (χ3n) is 4.36. The van der Waals surface area contributed by atoms with Crippen molar-refractivity contribution in [1.82, 2.24) is 15.2 Å². The Morgan fingerprint density at radius 1 is 1.43 bits per heavy atom. The van der Waals surface area contributed by atoms with Crippen molar-refractivity contribution in [3.8, 4) is 0 Å². The van der Waals surface area contributed by atoms with Crippen LogP contribution >= 0.6 is 11.3 Å². The fourth-order valence-corrected chi connectivity index (χ4v) is 3.74. The quantitative estimate of drug-likeness (QED) is 0.839. The van der Waals surface area contributed by atoms with Gasteiger partial charge in [-0.2, -0.15) is 0 Å². The molecule has 2 rings (SSSR count). The zero-order valence-corrected chi connectivity index (χ0v) is 14.6. The lowest BCUT2D eigenvalue weighted by atomic mass is 9.89. The van der Waals surface area contributed by atoms with E-state index in [-0.39, 0.29) is 5.54 Å². The van der Waals surface area contributed by atoms with E-state index < -0.39 is 0 Å². The molecule has 1 saturated heterocycles. The Hall–Kier alpha value is -0.490. The van der Waals surface area contributed by atoms with Gasteiger partial charge < -0.3 is 10.1 Å². The largest absolute Gasteiger partial charge is 0.379 e. The van der Waals surface area contributed by atoms with Gasteiger partial charge in [-0.15, -0.1) is 11.3 Å². The maximum Gasteiger partial charge on any atom is 0.0944 e. The normalized spacial score (nSPS) is 18.9. The summed E-state index contributed by atoms with van der Waals surface area (Å²) in [6.07, 6.45) is 2.16. The highest BCUT2D eigenvalue weighted by Gasteiger charge is 2.36. The molecule has 1 aromatic rings. The first-order valence-corrected chi connectivity index (χ1v) is 8.89. The minimum absolute atomic E-state index is 0.110. The molecule has 1 atom stereocenters. The van der Waals surface area contributed by atoms with Crippen LogP contribution in [0.25, 0.3) is 0 Å². The van der Waals surface area contributed by atoms with Crippen LogP contribution in [-0.2, 0) is 11.2 Å². The van der Waals surface area contributed by atoms with Crippen molar-refractivity contribution >= 4 is 11.3 Å². The lowest BCUT2D eigenvalue weighted by Gasteiger charge is -2.46. The van der Waals surface area contributed by atoms with E-state index in [0.29, 0.717) is 6.04 Å². The summed E-state index contributed by atoms with van der Waals surface area (Å²) in [4.78, 5) is 7.21. The summed E-state index contributed by atoms with van der Waals surface area (Å²) in [5.41, 5.74) is 1.24. The Balaban J connectivity index is 2.08. The van der Waals surface area contributed by atoms with E-state index in [1.165, 1.54) is 5.01 Å². The van der Waals surface area contributed by atoms with Crippen molar-refractivity contribution in [3.63, 3.8) is 0 Å².